The minimum atomic E-state index is -0.764. The number of aryl methyl sites for hydroxylation is 1. The van der Waals surface area contributed by atoms with Gasteiger partial charge in [0.25, 0.3) is 0 Å². The van der Waals surface area contributed by atoms with Gasteiger partial charge in [-0.05, 0) is 55.6 Å². The number of aliphatic carboxylic acids is 1. The van der Waals surface area contributed by atoms with E-state index in [4.69, 9.17) is 9.47 Å². The number of hydrogen-bond acceptors (Lipinski definition) is 7. The first-order chi connectivity index (χ1) is 16.1. The van der Waals surface area contributed by atoms with E-state index < -0.39 is 5.97 Å². The van der Waals surface area contributed by atoms with Gasteiger partial charge in [0.05, 0.1) is 23.9 Å². The van der Waals surface area contributed by atoms with Crippen molar-refractivity contribution in [2.75, 3.05) is 13.6 Å². The molecule has 0 saturated heterocycles. The molecule has 1 amide bonds. The van der Waals surface area contributed by atoms with Gasteiger partial charge < -0.3 is 19.5 Å². The van der Waals surface area contributed by atoms with Crippen LogP contribution in [0.4, 0.5) is 4.79 Å². The number of carboxylic acid groups (broad SMARTS) is 1. The zero-order chi connectivity index (χ0) is 24.5. The molecule has 10 nitrogen and oxygen atoms in total. The highest BCUT2D eigenvalue weighted by molar-refractivity contribution is 5.70. The van der Waals surface area contributed by atoms with E-state index in [-0.39, 0.29) is 24.7 Å². The zero-order valence-electron chi connectivity index (χ0n) is 20.2. The molecule has 34 heavy (non-hydrogen) atoms. The number of amides is 1. The summed E-state index contributed by atoms with van der Waals surface area (Å²) in [6.07, 6.45) is 5.08. The molecule has 0 bridgehead atoms. The quantitative estimate of drug-likeness (QED) is 0.621. The summed E-state index contributed by atoms with van der Waals surface area (Å²) in [7, 11) is 3.50. The molecule has 2 aliphatic rings. The van der Waals surface area contributed by atoms with Crippen LogP contribution in [0.1, 0.15) is 51.6 Å². The molecule has 1 unspecified atom stereocenters. The van der Waals surface area contributed by atoms with Crippen LogP contribution >= 0.6 is 0 Å². The molecule has 2 aromatic heterocycles. The van der Waals surface area contributed by atoms with Gasteiger partial charge in [0.1, 0.15) is 23.7 Å². The third kappa shape index (κ3) is 5.48. The fraction of sp³-hybridized carbons (Fsp3) is 0.625. The molecule has 2 saturated carbocycles. The number of hydrogen-bond donors (Lipinski definition) is 1. The molecule has 0 aliphatic heterocycles. The van der Waals surface area contributed by atoms with Crippen LogP contribution < -0.4 is 4.74 Å². The largest absolute Gasteiger partial charge is 0.489 e. The second-order valence-electron chi connectivity index (χ2n) is 10.2. The highest BCUT2D eigenvalue weighted by Gasteiger charge is 2.46. The van der Waals surface area contributed by atoms with Crippen molar-refractivity contribution in [3.8, 4) is 17.1 Å². The Labute approximate surface area is 199 Å². The predicted molar refractivity (Wildman–Crippen MR) is 123 cm³/mol. The lowest BCUT2D eigenvalue weighted by Crippen LogP contribution is -2.30. The van der Waals surface area contributed by atoms with Crippen molar-refractivity contribution >= 4 is 12.1 Å². The van der Waals surface area contributed by atoms with Gasteiger partial charge in [0.2, 0.25) is 0 Å². The third-order valence-corrected chi connectivity index (χ3v) is 7.06. The number of carbonyl (C=O) groups excluding carboxylic acids is 1. The van der Waals surface area contributed by atoms with E-state index in [1.54, 1.807) is 42.0 Å². The Balaban J connectivity index is 1.35. The van der Waals surface area contributed by atoms with Gasteiger partial charge in [-0.15, -0.1) is 5.10 Å². The standard InChI is InChI=1S/C24H33N5O5/c1-24(2)11-16(24)13-28(3)23(32)33-14-20-21(26-27-29(20)4)19-9-8-18(12-25-19)34-17-7-5-6-15(10-17)22(30)31/h8-9,12,15-17H,5-7,10-11,13-14H2,1-4H3,(H,30,31)/t15-,16?,17-/m0/s1. The minimum absolute atomic E-state index is 0.0364. The highest BCUT2D eigenvalue weighted by Crippen LogP contribution is 2.51. The summed E-state index contributed by atoms with van der Waals surface area (Å²) in [5.74, 6) is -0.0281. The van der Waals surface area contributed by atoms with Crippen molar-refractivity contribution in [3.05, 3.63) is 24.0 Å². The van der Waals surface area contributed by atoms with Gasteiger partial charge in [0, 0.05) is 20.6 Å². The van der Waals surface area contributed by atoms with Crippen LogP contribution in [0.3, 0.4) is 0 Å². The number of pyridine rings is 1. The Bertz CT molecular complexity index is 1030. The van der Waals surface area contributed by atoms with Gasteiger partial charge in [-0.2, -0.15) is 0 Å². The van der Waals surface area contributed by atoms with Crippen molar-refractivity contribution in [3.63, 3.8) is 0 Å². The first kappa shape index (κ1) is 24.0. The first-order valence-electron chi connectivity index (χ1n) is 11.8. The molecular weight excluding hydrogens is 438 g/mol. The van der Waals surface area contributed by atoms with E-state index in [2.05, 4.69) is 29.1 Å². The van der Waals surface area contributed by atoms with Crippen LogP contribution in [0.25, 0.3) is 11.4 Å². The Morgan fingerprint density at radius 1 is 1.29 bits per heavy atom. The summed E-state index contributed by atoms with van der Waals surface area (Å²) in [5, 5.41) is 17.5. The third-order valence-electron chi connectivity index (χ3n) is 7.06. The fourth-order valence-electron chi connectivity index (χ4n) is 4.53. The van der Waals surface area contributed by atoms with Crippen LogP contribution in [0, 0.1) is 17.3 Å². The van der Waals surface area contributed by atoms with Crippen LogP contribution in [0.5, 0.6) is 5.75 Å². The Morgan fingerprint density at radius 3 is 2.71 bits per heavy atom. The predicted octanol–water partition coefficient (Wildman–Crippen LogP) is 3.51. The molecule has 2 aliphatic carbocycles. The summed E-state index contributed by atoms with van der Waals surface area (Å²) in [6, 6.07) is 3.58. The Kier molecular flexibility index (Phi) is 6.77. The maximum atomic E-state index is 12.5. The van der Waals surface area contributed by atoms with Crippen LogP contribution in [0.2, 0.25) is 0 Å². The molecule has 2 aromatic rings. The average molecular weight is 472 g/mol. The van der Waals surface area contributed by atoms with Gasteiger partial charge in [-0.1, -0.05) is 19.1 Å². The molecule has 0 aromatic carbocycles. The second kappa shape index (κ2) is 9.60. The molecule has 4 rings (SSSR count). The number of aromatic nitrogens is 4. The Morgan fingerprint density at radius 2 is 2.06 bits per heavy atom. The summed E-state index contributed by atoms with van der Waals surface area (Å²) in [6.45, 7) is 5.12. The molecular formula is C24H33N5O5. The minimum Gasteiger partial charge on any atom is -0.489 e. The number of rotatable bonds is 8. The van der Waals surface area contributed by atoms with Crippen molar-refractivity contribution in [1.82, 2.24) is 24.9 Å². The smallest absolute Gasteiger partial charge is 0.409 e. The van der Waals surface area contributed by atoms with E-state index in [1.807, 2.05) is 0 Å². The lowest BCUT2D eigenvalue weighted by molar-refractivity contribution is -0.143. The van der Waals surface area contributed by atoms with Crippen LogP contribution in [0.15, 0.2) is 18.3 Å². The van der Waals surface area contributed by atoms with Crippen molar-refractivity contribution < 1.29 is 24.2 Å². The fourth-order valence-corrected chi connectivity index (χ4v) is 4.53. The van der Waals surface area contributed by atoms with E-state index in [1.165, 1.54) is 0 Å². The highest BCUT2D eigenvalue weighted by atomic mass is 16.6. The molecule has 0 spiro atoms. The summed E-state index contributed by atoms with van der Waals surface area (Å²) in [4.78, 5) is 29.8. The monoisotopic (exact) mass is 471 g/mol. The maximum absolute atomic E-state index is 12.5. The van der Waals surface area contributed by atoms with Gasteiger partial charge >= 0.3 is 12.1 Å². The topological polar surface area (TPSA) is 120 Å². The molecule has 184 valence electrons. The summed E-state index contributed by atoms with van der Waals surface area (Å²) >= 11 is 0. The van der Waals surface area contributed by atoms with Gasteiger partial charge in [-0.25, -0.2) is 9.48 Å². The average Bonchev–Trinajstić information content (AvgIpc) is 3.23. The van der Waals surface area contributed by atoms with Crippen molar-refractivity contribution in [1.29, 1.82) is 0 Å². The second-order valence-corrected chi connectivity index (χ2v) is 10.2. The molecule has 10 heteroatoms. The number of carboxylic acids is 1. The molecule has 2 fully saturated rings. The molecule has 0 radical (unpaired) electrons. The first-order valence-corrected chi connectivity index (χ1v) is 11.8. The lowest BCUT2D eigenvalue weighted by Gasteiger charge is -2.27. The summed E-state index contributed by atoms with van der Waals surface area (Å²) in [5.41, 5.74) is 2.07. The number of ether oxygens (including phenoxy) is 2. The van der Waals surface area contributed by atoms with E-state index in [9.17, 15) is 14.7 Å². The van der Waals surface area contributed by atoms with Crippen molar-refractivity contribution in [2.45, 2.75) is 58.7 Å². The lowest BCUT2D eigenvalue weighted by atomic mass is 9.87. The maximum Gasteiger partial charge on any atom is 0.409 e. The number of nitrogens with zero attached hydrogens (tertiary/aromatic N) is 5. The van der Waals surface area contributed by atoms with Crippen LogP contribution in [-0.2, 0) is 23.2 Å². The molecule has 1 N–H and O–H groups in total. The van der Waals surface area contributed by atoms with Gasteiger partial charge in [-0.3, -0.25) is 9.78 Å². The SMILES string of the molecule is CN(CC1CC1(C)C)C(=O)OCc1c(-c2ccc(O[C@H]3CCC[C@H](C(=O)O)C3)cn2)nnn1C. The molecule has 2 heterocycles. The van der Waals surface area contributed by atoms with Crippen molar-refractivity contribution in [2.24, 2.45) is 24.3 Å². The van der Waals surface area contributed by atoms with E-state index >= 15 is 0 Å². The van der Waals surface area contributed by atoms with Gasteiger partial charge in [0.15, 0.2) is 0 Å². The number of carbonyl (C=O) groups is 2. The van der Waals surface area contributed by atoms with Crippen LogP contribution in [-0.4, -0.2) is 61.7 Å². The Hall–Kier alpha value is -3.17. The van der Waals surface area contributed by atoms with E-state index in [0.717, 1.165) is 19.3 Å². The zero-order valence-corrected chi connectivity index (χ0v) is 20.2. The normalized spacial score (nSPS) is 23.2. The molecule has 3 atom stereocenters. The summed E-state index contributed by atoms with van der Waals surface area (Å²) < 4.78 is 13.1. The van der Waals surface area contributed by atoms with E-state index in [0.29, 0.717) is 53.6 Å².